The summed E-state index contributed by atoms with van der Waals surface area (Å²) in [4.78, 5) is 8.28. The summed E-state index contributed by atoms with van der Waals surface area (Å²) in [7, 11) is 2.04. The van der Waals surface area contributed by atoms with Gasteiger partial charge in [0.1, 0.15) is 5.82 Å². The van der Waals surface area contributed by atoms with Crippen LogP contribution in [0.4, 0.5) is 0 Å². The van der Waals surface area contributed by atoms with Crippen LogP contribution >= 0.6 is 0 Å². The van der Waals surface area contributed by atoms with E-state index in [2.05, 4.69) is 10.3 Å². The fraction of sp³-hybridized carbons (Fsp3) is 0.750. The summed E-state index contributed by atoms with van der Waals surface area (Å²) in [5.74, 6) is 2.83. The van der Waals surface area contributed by atoms with Crippen LogP contribution in [-0.2, 0) is 12.8 Å². The Morgan fingerprint density at radius 3 is 3.00 bits per heavy atom. The van der Waals surface area contributed by atoms with Crippen molar-refractivity contribution in [3.63, 3.8) is 0 Å². The largest absolute Gasteiger partial charge is 0.345 e. The van der Waals surface area contributed by atoms with E-state index >= 15 is 0 Å². The quantitative estimate of drug-likeness (QED) is 0.787. The summed E-state index contributed by atoms with van der Waals surface area (Å²) in [5, 5.41) is 3.28. The van der Waals surface area contributed by atoms with Gasteiger partial charge < -0.3 is 10.3 Å². The Morgan fingerprint density at radius 1 is 1.40 bits per heavy atom. The standard InChI is InChI=1S/C12H19N3/c1-13-7-8-2-5-10-11(6-8)15-12(14-10)9-3-4-9/h8-9,13H,2-7H2,1H3,(H,14,15). The third-order valence-corrected chi connectivity index (χ3v) is 3.62. The highest BCUT2D eigenvalue weighted by atomic mass is 15.0. The second kappa shape index (κ2) is 3.63. The normalized spacial score (nSPS) is 25.3. The number of aryl methyl sites for hydroxylation is 1. The second-order valence-corrected chi connectivity index (χ2v) is 4.99. The first kappa shape index (κ1) is 9.40. The molecule has 1 unspecified atom stereocenters. The molecule has 0 radical (unpaired) electrons. The minimum absolute atomic E-state index is 0.762. The molecular formula is C12H19N3. The monoisotopic (exact) mass is 205 g/mol. The number of H-pyrrole nitrogens is 1. The van der Waals surface area contributed by atoms with E-state index in [1.807, 2.05) is 7.05 Å². The van der Waals surface area contributed by atoms with Gasteiger partial charge in [-0.1, -0.05) is 0 Å². The van der Waals surface area contributed by atoms with E-state index in [1.165, 1.54) is 49.3 Å². The van der Waals surface area contributed by atoms with Crippen LogP contribution in [0.5, 0.6) is 0 Å². The maximum atomic E-state index is 4.73. The fourth-order valence-electron chi connectivity index (χ4n) is 2.59. The van der Waals surface area contributed by atoms with Crippen molar-refractivity contribution in [1.29, 1.82) is 0 Å². The van der Waals surface area contributed by atoms with E-state index in [-0.39, 0.29) is 0 Å². The predicted octanol–water partition coefficient (Wildman–Crippen LogP) is 1.61. The lowest BCUT2D eigenvalue weighted by Crippen LogP contribution is -2.24. The van der Waals surface area contributed by atoms with Crippen LogP contribution in [0.3, 0.4) is 0 Å². The molecule has 1 aromatic heterocycles. The first-order chi connectivity index (χ1) is 7.36. The van der Waals surface area contributed by atoms with Gasteiger partial charge in [-0.05, 0) is 51.6 Å². The Bertz CT molecular complexity index is 352. The number of hydrogen-bond donors (Lipinski definition) is 2. The Labute approximate surface area is 90.7 Å². The highest BCUT2D eigenvalue weighted by Gasteiger charge is 2.29. The summed E-state index contributed by atoms with van der Waals surface area (Å²) in [5.41, 5.74) is 2.77. The van der Waals surface area contributed by atoms with Crippen molar-refractivity contribution in [3.05, 3.63) is 17.2 Å². The minimum Gasteiger partial charge on any atom is -0.345 e. The van der Waals surface area contributed by atoms with Gasteiger partial charge in [0.15, 0.2) is 0 Å². The number of hydrogen-bond acceptors (Lipinski definition) is 2. The summed E-state index contributed by atoms with van der Waals surface area (Å²) in [6.07, 6.45) is 6.34. The van der Waals surface area contributed by atoms with Crippen LogP contribution in [-0.4, -0.2) is 23.6 Å². The molecule has 3 heteroatoms. The fourth-order valence-corrected chi connectivity index (χ4v) is 2.59. The number of imidazole rings is 1. The van der Waals surface area contributed by atoms with Crippen LogP contribution in [0, 0.1) is 5.92 Å². The third-order valence-electron chi connectivity index (χ3n) is 3.62. The Morgan fingerprint density at radius 2 is 2.27 bits per heavy atom. The van der Waals surface area contributed by atoms with Crippen LogP contribution in [0.1, 0.15) is 42.4 Å². The zero-order valence-electron chi connectivity index (χ0n) is 9.34. The number of nitrogens with one attached hydrogen (secondary N) is 2. The van der Waals surface area contributed by atoms with Crippen LogP contribution in [0.15, 0.2) is 0 Å². The van der Waals surface area contributed by atoms with E-state index < -0.39 is 0 Å². The highest BCUT2D eigenvalue weighted by molar-refractivity contribution is 5.22. The van der Waals surface area contributed by atoms with E-state index in [4.69, 9.17) is 4.98 Å². The molecule has 1 heterocycles. The molecule has 0 saturated heterocycles. The van der Waals surface area contributed by atoms with Crippen LogP contribution in [0.25, 0.3) is 0 Å². The lowest BCUT2D eigenvalue weighted by Gasteiger charge is -2.20. The molecular weight excluding hydrogens is 186 g/mol. The zero-order valence-corrected chi connectivity index (χ0v) is 9.34. The Kier molecular flexibility index (Phi) is 2.28. The van der Waals surface area contributed by atoms with Crippen molar-refractivity contribution in [3.8, 4) is 0 Å². The minimum atomic E-state index is 0.762. The van der Waals surface area contributed by atoms with Gasteiger partial charge in [-0.3, -0.25) is 0 Å². The lowest BCUT2D eigenvalue weighted by molar-refractivity contribution is 0.433. The molecule has 1 saturated carbocycles. The van der Waals surface area contributed by atoms with Crippen molar-refractivity contribution in [2.45, 2.75) is 38.0 Å². The molecule has 0 spiro atoms. The van der Waals surface area contributed by atoms with E-state index in [0.29, 0.717) is 0 Å². The molecule has 3 rings (SSSR count). The number of aromatic nitrogens is 2. The topological polar surface area (TPSA) is 40.7 Å². The van der Waals surface area contributed by atoms with Gasteiger partial charge in [-0.2, -0.15) is 0 Å². The first-order valence-corrected chi connectivity index (χ1v) is 6.09. The molecule has 3 nitrogen and oxygen atoms in total. The molecule has 1 fully saturated rings. The van der Waals surface area contributed by atoms with Gasteiger partial charge in [-0.15, -0.1) is 0 Å². The highest BCUT2D eigenvalue weighted by Crippen LogP contribution is 2.39. The molecule has 2 N–H and O–H groups in total. The molecule has 2 aliphatic carbocycles. The van der Waals surface area contributed by atoms with Crippen LogP contribution in [0.2, 0.25) is 0 Å². The average Bonchev–Trinajstić information content (AvgIpc) is 2.99. The number of rotatable bonds is 3. The van der Waals surface area contributed by atoms with Gasteiger partial charge in [0.25, 0.3) is 0 Å². The van der Waals surface area contributed by atoms with Crippen molar-refractivity contribution in [1.82, 2.24) is 15.3 Å². The zero-order chi connectivity index (χ0) is 10.3. The van der Waals surface area contributed by atoms with Gasteiger partial charge in [0.05, 0.1) is 5.69 Å². The maximum Gasteiger partial charge on any atom is 0.109 e. The number of aromatic amines is 1. The van der Waals surface area contributed by atoms with Crippen molar-refractivity contribution in [2.75, 3.05) is 13.6 Å². The Hall–Kier alpha value is -0.830. The van der Waals surface area contributed by atoms with Crippen molar-refractivity contribution < 1.29 is 0 Å². The van der Waals surface area contributed by atoms with Crippen molar-refractivity contribution >= 4 is 0 Å². The first-order valence-electron chi connectivity index (χ1n) is 6.09. The van der Waals surface area contributed by atoms with E-state index in [9.17, 15) is 0 Å². The van der Waals surface area contributed by atoms with Crippen LogP contribution < -0.4 is 5.32 Å². The molecule has 0 aromatic carbocycles. The van der Waals surface area contributed by atoms with Gasteiger partial charge in [0, 0.05) is 11.6 Å². The van der Waals surface area contributed by atoms with Gasteiger partial charge >= 0.3 is 0 Å². The molecule has 0 bridgehead atoms. The van der Waals surface area contributed by atoms with Crippen molar-refractivity contribution in [2.24, 2.45) is 5.92 Å². The molecule has 0 amide bonds. The maximum absolute atomic E-state index is 4.73. The molecule has 1 atom stereocenters. The lowest BCUT2D eigenvalue weighted by atomic mass is 9.90. The van der Waals surface area contributed by atoms with E-state index in [0.717, 1.165) is 18.4 Å². The SMILES string of the molecule is CNCC1CCc2nc(C3CC3)[nH]c2C1. The summed E-state index contributed by atoms with van der Waals surface area (Å²) in [6, 6.07) is 0. The summed E-state index contributed by atoms with van der Waals surface area (Å²) < 4.78 is 0. The van der Waals surface area contributed by atoms with Gasteiger partial charge in [0.2, 0.25) is 0 Å². The average molecular weight is 205 g/mol. The molecule has 1 aromatic rings. The molecule has 2 aliphatic rings. The van der Waals surface area contributed by atoms with E-state index in [1.54, 1.807) is 0 Å². The predicted molar refractivity (Wildman–Crippen MR) is 60.0 cm³/mol. The Balaban J connectivity index is 1.76. The molecule has 15 heavy (non-hydrogen) atoms. The second-order valence-electron chi connectivity index (χ2n) is 4.99. The molecule has 0 aliphatic heterocycles. The number of nitrogens with zero attached hydrogens (tertiary/aromatic N) is 1. The third kappa shape index (κ3) is 1.81. The summed E-state index contributed by atoms with van der Waals surface area (Å²) >= 11 is 0. The summed E-state index contributed by atoms with van der Waals surface area (Å²) in [6.45, 7) is 1.14. The molecule has 82 valence electrons. The number of fused-ring (bicyclic) bond motifs is 1. The smallest absolute Gasteiger partial charge is 0.109 e. The van der Waals surface area contributed by atoms with Gasteiger partial charge in [-0.25, -0.2) is 4.98 Å².